The first-order valence-electron chi connectivity index (χ1n) is 5.32. The van der Waals surface area contributed by atoms with Crippen molar-refractivity contribution in [3.63, 3.8) is 0 Å². The summed E-state index contributed by atoms with van der Waals surface area (Å²) in [7, 11) is 0. The van der Waals surface area contributed by atoms with E-state index in [0.29, 0.717) is 12.1 Å². The highest BCUT2D eigenvalue weighted by atomic mass is 79.9. The van der Waals surface area contributed by atoms with Crippen LogP contribution in [0.15, 0.2) is 22.7 Å². The Balaban J connectivity index is 2.25. The van der Waals surface area contributed by atoms with Gasteiger partial charge in [-0.05, 0) is 31.5 Å². The normalized spacial score (nSPS) is 10.1. The van der Waals surface area contributed by atoms with E-state index in [-0.39, 0.29) is 5.82 Å². The lowest BCUT2D eigenvalue weighted by atomic mass is 10.2. The van der Waals surface area contributed by atoms with Crippen molar-refractivity contribution in [3.05, 3.63) is 34.1 Å². The third-order valence-corrected chi connectivity index (χ3v) is 2.75. The summed E-state index contributed by atoms with van der Waals surface area (Å²) in [6, 6.07) is 5.11. The van der Waals surface area contributed by atoms with Gasteiger partial charge in [0.25, 0.3) is 0 Å². The minimum absolute atomic E-state index is 0.175. The van der Waals surface area contributed by atoms with E-state index in [1.54, 1.807) is 6.07 Å². The standard InChI is InChI=1S/C13H15BrFN/c1-2-3-4-5-8-16-10-11-6-7-12(14)9-13(11)15/h1,6-7,9,16H,3-5,8,10H2. The summed E-state index contributed by atoms with van der Waals surface area (Å²) < 4.78 is 14.2. The molecule has 0 fully saturated rings. The van der Waals surface area contributed by atoms with Gasteiger partial charge in [-0.15, -0.1) is 12.3 Å². The molecule has 0 atom stereocenters. The second-order valence-corrected chi connectivity index (χ2v) is 4.49. The van der Waals surface area contributed by atoms with Crippen LogP contribution in [-0.4, -0.2) is 6.54 Å². The van der Waals surface area contributed by atoms with Gasteiger partial charge in [-0.1, -0.05) is 22.0 Å². The van der Waals surface area contributed by atoms with Crippen LogP contribution in [0.4, 0.5) is 4.39 Å². The summed E-state index contributed by atoms with van der Waals surface area (Å²) in [5, 5.41) is 3.20. The molecule has 0 saturated heterocycles. The third-order valence-electron chi connectivity index (χ3n) is 2.26. The highest BCUT2D eigenvalue weighted by Gasteiger charge is 2.01. The van der Waals surface area contributed by atoms with Crippen molar-refractivity contribution in [2.45, 2.75) is 25.8 Å². The molecule has 0 amide bonds. The molecule has 1 aromatic rings. The maximum atomic E-state index is 13.4. The van der Waals surface area contributed by atoms with Gasteiger partial charge in [0.15, 0.2) is 0 Å². The fourth-order valence-electron chi connectivity index (χ4n) is 1.37. The van der Waals surface area contributed by atoms with Gasteiger partial charge < -0.3 is 5.32 Å². The summed E-state index contributed by atoms with van der Waals surface area (Å²) in [5.41, 5.74) is 0.695. The lowest BCUT2D eigenvalue weighted by Gasteiger charge is -2.05. The van der Waals surface area contributed by atoms with Crippen LogP contribution in [0.3, 0.4) is 0 Å². The molecule has 0 unspecified atom stereocenters. The van der Waals surface area contributed by atoms with E-state index in [2.05, 4.69) is 27.2 Å². The fourth-order valence-corrected chi connectivity index (χ4v) is 1.70. The van der Waals surface area contributed by atoms with Crippen LogP contribution in [0.5, 0.6) is 0 Å². The molecule has 0 aromatic heterocycles. The van der Waals surface area contributed by atoms with E-state index < -0.39 is 0 Å². The monoisotopic (exact) mass is 283 g/mol. The van der Waals surface area contributed by atoms with Crippen LogP contribution < -0.4 is 5.32 Å². The highest BCUT2D eigenvalue weighted by molar-refractivity contribution is 9.10. The Labute approximate surface area is 105 Å². The van der Waals surface area contributed by atoms with E-state index in [1.165, 1.54) is 6.07 Å². The van der Waals surface area contributed by atoms with Gasteiger partial charge in [0.05, 0.1) is 0 Å². The molecular formula is C13H15BrFN. The van der Waals surface area contributed by atoms with Gasteiger partial charge in [0.2, 0.25) is 0 Å². The molecule has 1 nitrogen and oxygen atoms in total. The lowest BCUT2D eigenvalue weighted by Crippen LogP contribution is -2.15. The quantitative estimate of drug-likeness (QED) is 0.623. The first-order chi connectivity index (χ1) is 7.74. The molecule has 1 N–H and O–H groups in total. The lowest BCUT2D eigenvalue weighted by molar-refractivity contribution is 0.576. The number of hydrogen-bond acceptors (Lipinski definition) is 1. The Bertz CT molecular complexity index is 371. The van der Waals surface area contributed by atoms with Gasteiger partial charge in [0, 0.05) is 23.0 Å². The van der Waals surface area contributed by atoms with E-state index in [0.717, 1.165) is 30.3 Å². The predicted molar refractivity (Wildman–Crippen MR) is 68.5 cm³/mol. The number of halogens is 2. The maximum Gasteiger partial charge on any atom is 0.128 e. The summed E-state index contributed by atoms with van der Waals surface area (Å²) in [5.74, 6) is 2.42. The first kappa shape index (κ1) is 13.2. The molecule has 1 aromatic carbocycles. The maximum absolute atomic E-state index is 13.4. The molecule has 16 heavy (non-hydrogen) atoms. The van der Waals surface area contributed by atoms with Crippen molar-refractivity contribution in [2.24, 2.45) is 0 Å². The summed E-state index contributed by atoms with van der Waals surface area (Å²) in [4.78, 5) is 0. The number of terminal acetylenes is 1. The van der Waals surface area contributed by atoms with Crippen molar-refractivity contribution < 1.29 is 4.39 Å². The molecule has 3 heteroatoms. The Kier molecular flexibility index (Phi) is 6.14. The number of nitrogens with one attached hydrogen (secondary N) is 1. The van der Waals surface area contributed by atoms with E-state index in [4.69, 9.17) is 6.42 Å². The topological polar surface area (TPSA) is 12.0 Å². The molecule has 0 spiro atoms. The zero-order valence-electron chi connectivity index (χ0n) is 9.10. The Morgan fingerprint density at radius 3 is 2.88 bits per heavy atom. The van der Waals surface area contributed by atoms with Crippen LogP contribution in [0, 0.1) is 18.2 Å². The molecule has 0 radical (unpaired) electrons. The Morgan fingerprint density at radius 2 is 2.19 bits per heavy atom. The van der Waals surface area contributed by atoms with Crippen molar-refractivity contribution in [2.75, 3.05) is 6.54 Å². The zero-order valence-corrected chi connectivity index (χ0v) is 10.7. The molecule has 0 aliphatic heterocycles. The third kappa shape index (κ3) is 4.78. The van der Waals surface area contributed by atoms with Crippen molar-refractivity contribution >= 4 is 15.9 Å². The minimum Gasteiger partial charge on any atom is -0.313 e. The van der Waals surface area contributed by atoms with Crippen molar-refractivity contribution in [3.8, 4) is 12.3 Å². The molecular weight excluding hydrogens is 269 g/mol. The predicted octanol–water partition coefficient (Wildman–Crippen LogP) is 3.48. The van der Waals surface area contributed by atoms with Gasteiger partial charge in [-0.3, -0.25) is 0 Å². The summed E-state index contributed by atoms with van der Waals surface area (Å²) in [6.45, 7) is 1.44. The summed E-state index contributed by atoms with van der Waals surface area (Å²) in [6.07, 6.45) is 8.01. The van der Waals surface area contributed by atoms with Crippen molar-refractivity contribution in [1.29, 1.82) is 0 Å². The van der Waals surface area contributed by atoms with Crippen LogP contribution >= 0.6 is 15.9 Å². The summed E-state index contributed by atoms with van der Waals surface area (Å²) >= 11 is 3.23. The number of unbranched alkanes of at least 4 members (excludes halogenated alkanes) is 2. The highest BCUT2D eigenvalue weighted by Crippen LogP contribution is 2.14. The zero-order chi connectivity index (χ0) is 11.8. The Hall–Kier alpha value is -0.850. The molecule has 0 heterocycles. The van der Waals surface area contributed by atoms with Gasteiger partial charge in [0.1, 0.15) is 5.82 Å². The molecule has 86 valence electrons. The van der Waals surface area contributed by atoms with Gasteiger partial charge in [-0.2, -0.15) is 0 Å². The van der Waals surface area contributed by atoms with Crippen LogP contribution in [0.1, 0.15) is 24.8 Å². The number of hydrogen-bond donors (Lipinski definition) is 1. The minimum atomic E-state index is -0.175. The fraction of sp³-hybridized carbons (Fsp3) is 0.385. The second-order valence-electron chi connectivity index (χ2n) is 3.57. The molecule has 1 rings (SSSR count). The Morgan fingerprint density at radius 1 is 1.38 bits per heavy atom. The molecule has 0 saturated carbocycles. The largest absolute Gasteiger partial charge is 0.313 e. The van der Waals surface area contributed by atoms with Crippen molar-refractivity contribution in [1.82, 2.24) is 5.32 Å². The number of benzene rings is 1. The SMILES string of the molecule is C#CCCCCNCc1ccc(Br)cc1F. The molecule has 0 bridgehead atoms. The van der Waals surface area contributed by atoms with Crippen LogP contribution in [0.2, 0.25) is 0 Å². The average Bonchev–Trinajstić information content (AvgIpc) is 2.26. The van der Waals surface area contributed by atoms with E-state index in [9.17, 15) is 4.39 Å². The van der Waals surface area contributed by atoms with Gasteiger partial charge >= 0.3 is 0 Å². The van der Waals surface area contributed by atoms with Crippen LogP contribution in [-0.2, 0) is 6.54 Å². The average molecular weight is 284 g/mol. The first-order valence-corrected chi connectivity index (χ1v) is 6.11. The molecule has 0 aliphatic rings. The smallest absolute Gasteiger partial charge is 0.128 e. The van der Waals surface area contributed by atoms with Crippen LogP contribution in [0.25, 0.3) is 0 Å². The van der Waals surface area contributed by atoms with Gasteiger partial charge in [-0.25, -0.2) is 4.39 Å². The second kappa shape index (κ2) is 7.43. The van der Waals surface area contributed by atoms with E-state index >= 15 is 0 Å². The molecule has 0 aliphatic carbocycles. The van der Waals surface area contributed by atoms with E-state index in [1.807, 2.05) is 6.07 Å². The number of rotatable bonds is 6.